The molecule has 0 saturated carbocycles. The van der Waals surface area contributed by atoms with Gasteiger partial charge in [-0.15, -0.1) is 0 Å². The highest BCUT2D eigenvalue weighted by Crippen LogP contribution is 2.46. The van der Waals surface area contributed by atoms with E-state index in [-0.39, 0.29) is 21.1 Å². The zero-order valence-electron chi connectivity index (χ0n) is 21.3. The lowest BCUT2D eigenvalue weighted by Gasteiger charge is -2.24. The Morgan fingerprint density at radius 2 is 1.89 bits per heavy atom. The summed E-state index contributed by atoms with van der Waals surface area (Å²) < 4.78 is 29.0. The molecule has 3 heterocycles. The molecule has 1 aliphatic heterocycles. The third kappa shape index (κ3) is 5.29. The van der Waals surface area contributed by atoms with Crippen molar-refractivity contribution in [3.05, 3.63) is 48.1 Å². The van der Waals surface area contributed by atoms with E-state index in [0.717, 1.165) is 53.5 Å². The Hall–Kier alpha value is -3.09. The molecule has 0 saturated heterocycles. The van der Waals surface area contributed by atoms with Crippen LogP contribution in [0.3, 0.4) is 0 Å². The minimum absolute atomic E-state index is 0. The van der Waals surface area contributed by atoms with Gasteiger partial charge >= 0.3 is 0 Å². The monoisotopic (exact) mass is 483 g/mol. The maximum atomic E-state index is 15.2. The standard InChI is InChI=1S/C26H29F2N5.C2H6.2H2/c1-15-22(16-8-6-4-5-7-9-16)18-10-17(11-21(27)23(18)32-15)19-12-29-24-20(19)13-30-25(33-24)31-14-26(2,3)28;1-2;;/h4-5,10-13,16,22H,6-9,14H2,1-3H3,(H2,29,30,31,33);1-2H3;2*1H. The number of H-pyrrole nitrogens is 1. The maximum Gasteiger partial charge on any atom is 0.224 e. The fourth-order valence-corrected chi connectivity index (χ4v) is 5.05. The summed E-state index contributed by atoms with van der Waals surface area (Å²) in [7, 11) is 0. The quantitative estimate of drug-likeness (QED) is 0.358. The molecule has 5 nitrogen and oxygen atoms in total. The number of hydrogen-bond donors (Lipinski definition) is 2. The van der Waals surface area contributed by atoms with Crippen LogP contribution in [0.2, 0.25) is 0 Å². The van der Waals surface area contributed by atoms with Crippen LogP contribution >= 0.6 is 0 Å². The number of rotatable bonds is 5. The molecule has 0 amide bonds. The van der Waals surface area contributed by atoms with Crippen LogP contribution in [-0.2, 0) is 0 Å². The first-order chi connectivity index (χ1) is 16.8. The first-order valence-corrected chi connectivity index (χ1v) is 12.6. The van der Waals surface area contributed by atoms with Gasteiger partial charge in [0.1, 0.15) is 22.8 Å². The van der Waals surface area contributed by atoms with E-state index in [2.05, 4.69) is 43.5 Å². The van der Waals surface area contributed by atoms with Crippen LogP contribution < -0.4 is 5.32 Å². The first-order valence-electron chi connectivity index (χ1n) is 12.6. The van der Waals surface area contributed by atoms with Crippen LogP contribution in [0.5, 0.6) is 0 Å². The Balaban J connectivity index is 0.00000118. The number of allylic oxidation sites excluding steroid dienone is 2. The molecule has 7 heteroatoms. The average molecular weight is 484 g/mol. The summed E-state index contributed by atoms with van der Waals surface area (Å²) in [6.07, 6.45) is 12.3. The van der Waals surface area contributed by atoms with Gasteiger partial charge in [0, 0.05) is 37.8 Å². The van der Waals surface area contributed by atoms with E-state index in [4.69, 9.17) is 0 Å². The van der Waals surface area contributed by atoms with Gasteiger partial charge < -0.3 is 10.3 Å². The number of alkyl halides is 1. The lowest BCUT2D eigenvalue weighted by Crippen LogP contribution is -2.25. The molecular formula is C28H39F2N5. The molecule has 0 bridgehead atoms. The van der Waals surface area contributed by atoms with Gasteiger partial charge in [0.2, 0.25) is 5.95 Å². The molecule has 2 aliphatic rings. The van der Waals surface area contributed by atoms with Gasteiger partial charge in [0.25, 0.3) is 0 Å². The Morgan fingerprint density at radius 1 is 1.17 bits per heavy atom. The molecular weight excluding hydrogens is 444 g/mol. The SMILES string of the molecule is CC.CC1=Nc2c(F)cc(-c3c[nH]c4nc(NCC(C)(C)F)ncc34)cc2C1C1CCC=CCC1.[HH].[HH]. The molecule has 1 aliphatic carbocycles. The van der Waals surface area contributed by atoms with Crippen molar-refractivity contribution < 1.29 is 11.6 Å². The maximum absolute atomic E-state index is 15.2. The molecule has 0 spiro atoms. The van der Waals surface area contributed by atoms with E-state index >= 15 is 4.39 Å². The zero-order valence-corrected chi connectivity index (χ0v) is 21.3. The molecule has 5 rings (SSSR count). The van der Waals surface area contributed by atoms with Crippen LogP contribution in [0, 0.1) is 11.7 Å². The highest BCUT2D eigenvalue weighted by molar-refractivity contribution is 5.99. The molecule has 0 radical (unpaired) electrons. The number of benzene rings is 1. The second-order valence-corrected chi connectivity index (χ2v) is 9.74. The van der Waals surface area contributed by atoms with Crippen molar-refractivity contribution in [2.45, 2.75) is 71.9 Å². The predicted molar refractivity (Wildman–Crippen MR) is 145 cm³/mol. The minimum Gasteiger partial charge on any atom is -0.351 e. The van der Waals surface area contributed by atoms with E-state index < -0.39 is 5.67 Å². The molecule has 1 atom stereocenters. The predicted octanol–water partition coefficient (Wildman–Crippen LogP) is 8.38. The number of nitrogens with one attached hydrogen (secondary N) is 2. The summed E-state index contributed by atoms with van der Waals surface area (Å²) in [5, 5.41) is 3.72. The number of aliphatic imine (C=N–C) groups is 1. The number of nitrogens with zero attached hydrogens (tertiary/aromatic N) is 3. The molecule has 190 valence electrons. The third-order valence-electron chi connectivity index (χ3n) is 6.62. The van der Waals surface area contributed by atoms with Crippen molar-refractivity contribution in [1.82, 2.24) is 15.0 Å². The summed E-state index contributed by atoms with van der Waals surface area (Å²) in [6.45, 7) is 9.13. The van der Waals surface area contributed by atoms with Gasteiger partial charge in [-0.1, -0.05) is 26.0 Å². The zero-order chi connectivity index (χ0) is 25.2. The summed E-state index contributed by atoms with van der Waals surface area (Å²) in [4.78, 5) is 16.6. The van der Waals surface area contributed by atoms with Crippen molar-refractivity contribution in [3.63, 3.8) is 0 Å². The van der Waals surface area contributed by atoms with Gasteiger partial charge in [-0.2, -0.15) is 4.98 Å². The van der Waals surface area contributed by atoms with E-state index in [9.17, 15) is 4.39 Å². The largest absolute Gasteiger partial charge is 0.351 e. The van der Waals surface area contributed by atoms with E-state index in [1.807, 2.05) is 27.0 Å². The lowest BCUT2D eigenvalue weighted by atomic mass is 9.79. The molecule has 2 aromatic heterocycles. The van der Waals surface area contributed by atoms with Crippen molar-refractivity contribution in [3.8, 4) is 11.1 Å². The first kappa shape index (κ1) is 25.0. The molecule has 1 aromatic carbocycles. The van der Waals surface area contributed by atoms with Crippen LogP contribution in [0.1, 0.15) is 74.6 Å². The topological polar surface area (TPSA) is 66.0 Å². The number of aromatic amines is 1. The van der Waals surface area contributed by atoms with Crippen molar-refractivity contribution in [2.24, 2.45) is 10.9 Å². The van der Waals surface area contributed by atoms with Gasteiger partial charge in [-0.3, -0.25) is 4.99 Å². The fraction of sp³-hybridized carbons (Fsp3) is 0.464. The molecule has 35 heavy (non-hydrogen) atoms. The van der Waals surface area contributed by atoms with E-state index in [1.165, 1.54) is 13.8 Å². The number of anilines is 1. The summed E-state index contributed by atoms with van der Waals surface area (Å²) >= 11 is 0. The lowest BCUT2D eigenvalue weighted by molar-refractivity contribution is 0.234. The van der Waals surface area contributed by atoms with E-state index in [1.54, 1.807) is 12.3 Å². The number of halogens is 2. The number of hydrogen-bond acceptors (Lipinski definition) is 4. The summed E-state index contributed by atoms with van der Waals surface area (Å²) in [5.41, 5.74) is 3.34. The van der Waals surface area contributed by atoms with Crippen LogP contribution in [0.4, 0.5) is 20.4 Å². The smallest absolute Gasteiger partial charge is 0.224 e. The Labute approximate surface area is 209 Å². The highest BCUT2D eigenvalue weighted by Gasteiger charge is 2.33. The van der Waals surface area contributed by atoms with Gasteiger partial charge in [0.05, 0.1) is 6.54 Å². The van der Waals surface area contributed by atoms with Crippen molar-refractivity contribution in [2.75, 3.05) is 11.9 Å². The normalized spacial score (nSPS) is 18.0. The third-order valence-corrected chi connectivity index (χ3v) is 6.62. The van der Waals surface area contributed by atoms with Crippen molar-refractivity contribution in [1.29, 1.82) is 0 Å². The molecule has 1 unspecified atom stereocenters. The molecule has 2 N–H and O–H groups in total. The average Bonchev–Trinajstić information content (AvgIpc) is 3.28. The summed E-state index contributed by atoms with van der Waals surface area (Å²) in [5.74, 6) is 0.664. The second kappa shape index (κ2) is 10.3. The van der Waals surface area contributed by atoms with Gasteiger partial charge in [0.15, 0.2) is 0 Å². The highest BCUT2D eigenvalue weighted by atomic mass is 19.1. The number of aromatic nitrogens is 3. The summed E-state index contributed by atoms with van der Waals surface area (Å²) in [6, 6.07) is 3.63. The Bertz CT molecular complexity index is 1250. The Morgan fingerprint density at radius 3 is 2.57 bits per heavy atom. The molecule has 0 fully saturated rings. The fourth-order valence-electron chi connectivity index (χ4n) is 5.05. The second-order valence-electron chi connectivity index (χ2n) is 9.74. The van der Waals surface area contributed by atoms with Gasteiger partial charge in [-0.25, -0.2) is 13.8 Å². The minimum atomic E-state index is -1.37. The number of fused-ring (bicyclic) bond motifs is 2. The van der Waals surface area contributed by atoms with Crippen LogP contribution in [-0.4, -0.2) is 32.9 Å². The Kier molecular flexibility index (Phi) is 7.33. The van der Waals surface area contributed by atoms with E-state index in [0.29, 0.717) is 23.2 Å². The van der Waals surface area contributed by atoms with Crippen LogP contribution in [0.25, 0.3) is 22.2 Å². The molecule has 3 aromatic rings. The van der Waals surface area contributed by atoms with Crippen LogP contribution in [0.15, 0.2) is 41.7 Å². The van der Waals surface area contributed by atoms with Gasteiger partial charge in [-0.05, 0) is 75.6 Å². The van der Waals surface area contributed by atoms with Crippen molar-refractivity contribution >= 4 is 28.4 Å².